The van der Waals surface area contributed by atoms with E-state index in [1.807, 2.05) is 0 Å². The minimum Gasteiger partial charge on any atom is -0.497 e. The maximum Gasteiger partial charge on any atom is 0.235 e. The molecule has 0 spiro atoms. The summed E-state index contributed by atoms with van der Waals surface area (Å²) in [6, 6.07) is 6.37. The lowest BCUT2D eigenvalue weighted by molar-refractivity contribution is -0.141. The van der Waals surface area contributed by atoms with Crippen LogP contribution in [-0.2, 0) is 9.59 Å². The molecule has 2 rings (SSSR count). The third-order valence-electron chi connectivity index (χ3n) is 3.41. The average molecular weight is 263 g/mol. The van der Waals surface area contributed by atoms with Crippen LogP contribution < -0.4 is 9.64 Å². The van der Waals surface area contributed by atoms with Gasteiger partial charge in [0.2, 0.25) is 5.91 Å². The smallest absolute Gasteiger partial charge is 0.235 e. The van der Waals surface area contributed by atoms with Crippen LogP contribution in [0.15, 0.2) is 24.3 Å². The van der Waals surface area contributed by atoms with Crippen LogP contribution in [0.5, 0.6) is 5.75 Å². The monoisotopic (exact) mass is 263 g/mol. The van der Waals surface area contributed by atoms with Gasteiger partial charge in [-0.1, -0.05) is 6.07 Å². The third-order valence-corrected chi connectivity index (χ3v) is 3.41. The lowest BCUT2D eigenvalue weighted by Gasteiger charge is -2.47. The number of carbonyl (C=O) groups excluding carboxylic acids is 2. The minimum atomic E-state index is -0.830. The molecule has 0 aromatic heterocycles. The first-order chi connectivity index (χ1) is 8.97. The Morgan fingerprint density at radius 1 is 1.47 bits per heavy atom. The molecule has 1 amide bonds. The van der Waals surface area contributed by atoms with Gasteiger partial charge in [-0.15, -0.1) is 0 Å². The van der Waals surface area contributed by atoms with Crippen molar-refractivity contribution in [2.24, 2.45) is 5.92 Å². The molecule has 1 heterocycles. The first-order valence-corrected chi connectivity index (χ1v) is 6.13. The van der Waals surface area contributed by atoms with Crippen LogP contribution in [0.2, 0.25) is 0 Å². The number of aliphatic hydroxyl groups is 1. The van der Waals surface area contributed by atoms with Gasteiger partial charge in [0, 0.05) is 11.8 Å². The summed E-state index contributed by atoms with van der Waals surface area (Å²) in [7, 11) is 1.54. The van der Waals surface area contributed by atoms with Crippen LogP contribution in [0.3, 0.4) is 0 Å². The number of Topliss-reactive ketones (excluding diaryl/α,β-unsaturated/α-hetero) is 1. The van der Waals surface area contributed by atoms with E-state index in [4.69, 9.17) is 4.74 Å². The zero-order valence-electron chi connectivity index (χ0n) is 11.2. The van der Waals surface area contributed by atoms with Crippen molar-refractivity contribution in [1.29, 1.82) is 0 Å². The Hall–Kier alpha value is -1.88. The van der Waals surface area contributed by atoms with Crippen molar-refractivity contribution in [3.63, 3.8) is 0 Å². The van der Waals surface area contributed by atoms with Crippen molar-refractivity contribution >= 4 is 17.4 Å². The van der Waals surface area contributed by atoms with Crippen molar-refractivity contribution in [2.45, 2.75) is 26.0 Å². The number of anilines is 1. The predicted molar refractivity (Wildman–Crippen MR) is 70.1 cm³/mol. The summed E-state index contributed by atoms with van der Waals surface area (Å²) in [6.45, 7) is 2.96. The fourth-order valence-electron chi connectivity index (χ4n) is 2.46. The minimum absolute atomic E-state index is 0.131. The number of nitrogens with zero attached hydrogens (tertiary/aromatic N) is 1. The van der Waals surface area contributed by atoms with Gasteiger partial charge in [-0.25, -0.2) is 0 Å². The molecule has 3 atom stereocenters. The highest BCUT2D eigenvalue weighted by Crippen LogP contribution is 2.36. The molecular weight excluding hydrogens is 246 g/mol. The molecular formula is C14H17NO4. The van der Waals surface area contributed by atoms with Gasteiger partial charge < -0.3 is 14.7 Å². The number of amides is 1. The fraction of sp³-hybridized carbons (Fsp3) is 0.429. The normalized spacial score (nSPS) is 23.8. The summed E-state index contributed by atoms with van der Waals surface area (Å²) in [4.78, 5) is 25.2. The van der Waals surface area contributed by atoms with Gasteiger partial charge in [0.15, 0.2) is 5.78 Å². The van der Waals surface area contributed by atoms with Crippen LogP contribution in [0.1, 0.15) is 13.8 Å². The Balaban J connectivity index is 2.33. The summed E-state index contributed by atoms with van der Waals surface area (Å²) in [5.41, 5.74) is 0.612. The molecule has 0 radical (unpaired) electrons. The first kappa shape index (κ1) is 13.5. The van der Waals surface area contributed by atoms with E-state index in [2.05, 4.69) is 0 Å². The SMILES string of the molecule is COc1cccc(N2C(=O)[C@H]([C@@H](C)O)[C@H]2C(C)=O)c1. The Kier molecular flexibility index (Phi) is 3.57. The highest BCUT2D eigenvalue weighted by atomic mass is 16.5. The fourth-order valence-corrected chi connectivity index (χ4v) is 2.46. The molecule has 102 valence electrons. The Bertz CT molecular complexity index is 512. The molecule has 1 aromatic carbocycles. The molecule has 0 saturated carbocycles. The predicted octanol–water partition coefficient (Wildman–Crippen LogP) is 0.996. The summed E-state index contributed by atoms with van der Waals surface area (Å²) >= 11 is 0. The highest BCUT2D eigenvalue weighted by Gasteiger charge is 2.52. The number of hydrogen-bond donors (Lipinski definition) is 1. The van der Waals surface area contributed by atoms with Crippen molar-refractivity contribution in [2.75, 3.05) is 12.0 Å². The van der Waals surface area contributed by atoms with Crippen LogP contribution >= 0.6 is 0 Å². The quantitative estimate of drug-likeness (QED) is 0.823. The molecule has 1 fully saturated rings. The van der Waals surface area contributed by atoms with Crippen molar-refractivity contribution in [3.8, 4) is 5.75 Å². The zero-order chi connectivity index (χ0) is 14.2. The van der Waals surface area contributed by atoms with E-state index in [1.165, 1.54) is 25.9 Å². The molecule has 1 saturated heterocycles. The number of hydrogen-bond acceptors (Lipinski definition) is 4. The second kappa shape index (κ2) is 5.01. The van der Waals surface area contributed by atoms with E-state index < -0.39 is 18.1 Å². The number of methoxy groups -OCH3 is 1. The van der Waals surface area contributed by atoms with E-state index in [1.54, 1.807) is 24.3 Å². The number of β-lactam (4-membered cyclic amide) rings is 1. The molecule has 5 nitrogen and oxygen atoms in total. The number of ether oxygens (including phenoxy) is 1. The maximum atomic E-state index is 12.1. The van der Waals surface area contributed by atoms with Crippen LogP contribution in [0, 0.1) is 5.92 Å². The number of ketones is 1. The Morgan fingerprint density at radius 2 is 2.16 bits per heavy atom. The van der Waals surface area contributed by atoms with Crippen LogP contribution in [0.25, 0.3) is 0 Å². The summed E-state index contributed by atoms with van der Waals surface area (Å²) in [5.74, 6) is -0.395. The van der Waals surface area contributed by atoms with E-state index in [9.17, 15) is 14.7 Å². The third kappa shape index (κ3) is 2.21. The molecule has 0 unspecified atom stereocenters. The van der Waals surface area contributed by atoms with Crippen LogP contribution in [0.4, 0.5) is 5.69 Å². The Labute approximate surface area is 111 Å². The number of rotatable bonds is 4. The lowest BCUT2D eigenvalue weighted by Crippen LogP contribution is -2.67. The second-order valence-corrected chi connectivity index (χ2v) is 4.73. The first-order valence-electron chi connectivity index (χ1n) is 6.13. The second-order valence-electron chi connectivity index (χ2n) is 4.73. The van der Waals surface area contributed by atoms with E-state index >= 15 is 0 Å². The van der Waals surface area contributed by atoms with Gasteiger partial charge in [0.05, 0.1) is 19.1 Å². The topological polar surface area (TPSA) is 66.8 Å². The van der Waals surface area contributed by atoms with Crippen LogP contribution in [-0.4, -0.2) is 36.1 Å². The molecule has 19 heavy (non-hydrogen) atoms. The van der Waals surface area contributed by atoms with E-state index in [-0.39, 0.29) is 11.7 Å². The molecule has 1 aliphatic rings. The van der Waals surface area contributed by atoms with Gasteiger partial charge in [0.25, 0.3) is 0 Å². The van der Waals surface area contributed by atoms with Crippen molar-refractivity contribution < 1.29 is 19.4 Å². The summed E-state index contributed by atoms with van der Waals surface area (Å²) in [6.07, 6.45) is -0.830. The zero-order valence-corrected chi connectivity index (χ0v) is 11.2. The standard InChI is InChI=1S/C14H17NO4/c1-8(16)12-13(9(2)17)15(14(12)18)10-5-4-6-11(7-10)19-3/h4-8,12-13,16H,1-3H3/t8-,12-,13-/m1/s1. The van der Waals surface area contributed by atoms with E-state index in [0.717, 1.165) is 0 Å². The Morgan fingerprint density at radius 3 is 2.68 bits per heavy atom. The van der Waals surface area contributed by atoms with E-state index in [0.29, 0.717) is 11.4 Å². The highest BCUT2D eigenvalue weighted by molar-refractivity contribution is 6.12. The summed E-state index contributed by atoms with van der Waals surface area (Å²) in [5, 5.41) is 9.60. The van der Waals surface area contributed by atoms with Gasteiger partial charge >= 0.3 is 0 Å². The average Bonchev–Trinajstić information content (AvgIpc) is 2.35. The molecule has 5 heteroatoms. The molecule has 1 N–H and O–H groups in total. The van der Waals surface area contributed by atoms with Gasteiger partial charge in [0.1, 0.15) is 11.8 Å². The largest absolute Gasteiger partial charge is 0.497 e. The number of aliphatic hydroxyl groups excluding tert-OH is 1. The number of carbonyl (C=O) groups is 2. The van der Waals surface area contributed by atoms with Crippen molar-refractivity contribution in [3.05, 3.63) is 24.3 Å². The maximum absolute atomic E-state index is 12.1. The van der Waals surface area contributed by atoms with Crippen molar-refractivity contribution in [1.82, 2.24) is 0 Å². The molecule has 1 aliphatic heterocycles. The molecule has 0 bridgehead atoms. The van der Waals surface area contributed by atoms with Gasteiger partial charge in [-0.05, 0) is 26.0 Å². The van der Waals surface area contributed by atoms with Gasteiger partial charge in [-0.2, -0.15) is 0 Å². The molecule has 1 aromatic rings. The summed E-state index contributed by atoms with van der Waals surface area (Å²) < 4.78 is 5.11. The number of benzene rings is 1. The van der Waals surface area contributed by atoms with Gasteiger partial charge in [-0.3, -0.25) is 9.59 Å². The lowest BCUT2D eigenvalue weighted by atomic mass is 9.80. The molecule has 0 aliphatic carbocycles.